The van der Waals surface area contributed by atoms with E-state index >= 15 is 0 Å². The monoisotopic (exact) mass is 371 g/mol. The molecule has 1 aliphatic carbocycles. The molecule has 0 bridgehead atoms. The topological polar surface area (TPSA) is 72.7 Å². The molecule has 1 saturated carbocycles. The Labute approximate surface area is 158 Å². The highest BCUT2D eigenvalue weighted by Crippen LogP contribution is 2.38. The first-order valence-corrected chi connectivity index (χ1v) is 10.0. The molecule has 1 aliphatic rings. The molecule has 1 N–H and O–H groups in total. The van der Waals surface area contributed by atoms with Crippen molar-refractivity contribution < 1.29 is 4.79 Å². The zero-order valence-corrected chi connectivity index (χ0v) is 15.9. The first-order chi connectivity index (χ1) is 12.7. The molecular weight excluding hydrogens is 346 g/mol. The molecule has 0 spiro atoms. The molecule has 0 aliphatic heterocycles. The van der Waals surface area contributed by atoms with Crippen LogP contribution in [-0.2, 0) is 4.79 Å². The van der Waals surface area contributed by atoms with Gasteiger partial charge in [0.1, 0.15) is 0 Å². The molecule has 26 heavy (non-hydrogen) atoms. The van der Waals surface area contributed by atoms with Crippen LogP contribution in [0, 0.1) is 5.92 Å². The van der Waals surface area contributed by atoms with Gasteiger partial charge < -0.3 is 5.32 Å². The Morgan fingerprint density at radius 1 is 1.42 bits per heavy atom. The summed E-state index contributed by atoms with van der Waals surface area (Å²) in [6.07, 6.45) is 10.1. The lowest BCUT2D eigenvalue weighted by Crippen LogP contribution is -2.26. The smallest absolute Gasteiger partial charge is 0.230 e. The second-order valence-electron chi connectivity index (χ2n) is 6.63. The normalized spacial score (nSPS) is 19.9. The van der Waals surface area contributed by atoms with Crippen LogP contribution >= 0.6 is 11.8 Å². The molecule has 0 saturated heterocycles. The maximum Gasteiger partial charge on any atom is 0.230 e. The maximum absolute atomic E-state index is 12.0. The Morgan fingerprint density at radius 2 is 2.27 bits per heavy atom. The van der Waals surface area contributed by atoms with Gasteiger partial charge >= 0.3 is 0 Å². The van der Waals surface area contributed by atoms with Gasteiger partial charge in [-0.05, 0) is 30.9 Å². The van der Waals surface area contributed by atoms with Crippen LogP contribution in [-0.4, -0.2) is 38.0 Å². The molecule has 2 heterocycles. The van der Waals surface area contributed by atoms with Gasteiger partial charge in [-0.3, -0.25) is 14.3 Å². The summed E-state index contributed by atoms with van der Waals surface area (Å²) in [5, 5.41) is 12.4. The number of aromatic nitrogens is 4. The van der Waals surface area contributed by atoms with E-state index in [9.17, 15) is 4.79 Å². The molecule has 1 fully saturated rings. The molecule has 7 heteroatoms. The lowest BCUT2D eigenvalue weighted by atomic mass is 9.85. The number of pyridine rings is 1. The fraction of sp³-hybridized carbons (Fsp3) is 0.474. The highest BCUT2D eigenvalue weighted by Gasteiger charge is 2.28. The van der Waals surface area contributed by atoms with Crippen molar-refractivity contribution in [3.8, 4) is 11.4 Å². The van der Waals surface area contributed by atoms with Gasteiger partial charge in [0.05, 0.1) is 5.75 Å². The van der Waals surface area contributed by atoms with Gasteiger partial charge in [0, 0.05) is 30.5 Å². The van der Waals surface area contributed by atoms with Crippen LogP contribution in [0.5, 0.6) is 0 Å². The minimum atomic E-state index is -0.0240. The molecule has 6 nitrogen and oxygen atoms in total. The lowest BCUT2D eigenvalue weighted by molar-refractivity contribution is -0.118. The highest BCUT2D eigenvalue weighted by atomic mass is 32.2. The number of rotatable bonds is 7. The summed E-state index contributed by atoms with van der Waals surface area (Å²) in [5.41, 5.74) is 0.959. The number of carbonyl (C=O) groups is 1. The van der Waals surface area contributed by atoms with Gasteiger partial charge in [0.25, 0.3) is 0 Å². The Morgan fingerprint density at radius 3 is 3.00 bits per heavy atom. The van der Waals surface area contributed by atoms with E-state index in [4.69, 9.17) is 0 Å². The average molecular weight is 372 g/mol. The molecule has 2 aromatic heterocycles. The van der Waals surface area contributed by atoms with Crippen molar-refractivity contribution in [3.05, 3.63) is 37.2 Å². The van der Waals surface area contributed by atoms with Crippen LogP contribution in [0.4, 0.5) is 0 Å². The summed E-state index contributed by atoms with van der Waals surface area (Å²) < 4.78 is 2.23. The predicted octanol–water partition coefficient (Wildman–Crippen LogP) is 3.49. The number of hydrogen-bond donors (Lipinski definition) is 1. The first kappa shape index (κ1) is 18.6. The van der Waals surface area contributed by atoms with Crippen LogP contribution < -0.4 is 5.32 Å². The molecule has 138 valence electrons. The first-order valence-electron chi connectivity index (χ1n) is 9.06. The lowest BCUT2D eigenvalue weighted by Gasteiger charge is -2.31. The summed E-state index contributed by atoms with van der Waals surface area (Å²) in [6, 6.07) is 4.27. The van der Waals surface area contributed by atoms with Gasteiger partial charge in [-0.15, -0.1) is 16.8 Å². The second kappa shape index (κ2) is 8.98. The number of thioether (sulfide) groups is 1. The van der Waals surface area contributed by atoms with Crippen LogP contribution in [0.2, 0.25) is 0 Å². The van der Waals surface area contributed by atoms with Gasteiger partial charge in [-0.1, -0.05) is 37.6 Å². The standard InChI is InChI=1S/C19H25N5OS/c1-3-10-21-17(25)13-26-19-23-22-18(15-8-6-11-20-12-15)24(19)16-9-5-4-7-14(16)2/h3,6,8,11-12,14,16H,1,4-5,7,9-10,13H2,2H3,(H,21,25). The van der Waals surface area contributed by atoms with Crippen molar-refractivity contribution >= 4 is 17.7 Å². The second-order valence-corrected chi connectivity index (χ2v) is 7.57. The van der Waals surface area contributed by atoms with Gasteiger partial charge in [0.15, 0.2) is 11.0 Å². The molecule has 0 radical (unpaired) electrons. The van der Waals surface area contributed by atoms with Crippen LogP contribution in [0.3, 0.4) is 0 Å². The van der Waals surface area contributed by atoms with E-state index in [0.717, 1.165) is 23.0 Å². The highest BCUT2D eigenvalue weighted by molar-refractivity contribution is 7.99. The van der Waals surface area contributed by atoms with Gasteiger partial charge in [-0.2, -0.15) is 0 Å². The molecule has 2 atom stereocenters. The SMILES string of the molecule is C=CCNC(=O)CSc1nnc(-c2cccnc2)n1C1CCCCC1C. The van der Waals surface area contributed by atoms with Gasteiger partial charge in [0.2, 0.25) is 5.91 Å². The van der Waals surface area contributed by atoms with Crippen LogP contribution in [0.25, 0.3) is 11.4 Å². The molecule has 0 aromatic carbocycles. The zero-order chi connectivity index (χ0) is 18.4. The number of amides is 1. The quantitative estimate of drug-likeness (QED) is 0.596. The molecule has 2 aromatic rings. The Hall–Kier alpha value is -2.15. The molecule has 1 amide bonds. The van der Waals surface area contributed by atoms with Crippen molar-refractivity contribution in [2.24, 2.45) is 5.92 Å². The summed E-state index contributed by atoms with van der Waals surface area (Å²) in [6.45, 7) is 6.39. The Bertz CT molecular complexity index is 746. The Kier molecular flexibility index (Phi) is 6.44. The van der Waals surface area contributed by atoms with Crippen LogP contribution in [0.1, 0.15) is 38.6 Å². The summed E-state index contributed by atoms with van der Waals surface area (Å²) in [4.78, 5) is 16.2. The minimum Gasteiger partial charge on any atom is -0.352 e. The third kappa shape index (κ3) is 4.33. The third-order valence-electron chi connectivity index (χ3n) is 4.76. The summed E-state index contributed by atoms with van der Waals surface area (Å²) >= 11 is 1.44. The van der Waals surface area contributed by atoms with E-state index in [-0.39, 0.29) is 5.91 Å². The van der Waals surface area contributed by atoms with Crippen LogP contribution in [0.15, 0.2) is 42.3 Å². The van der Waals surface area contributed by atoms with Crippen molar-refractivity contribution in [1.82, 2.24) is 25.1 Å². The van der Waals surface area contributed by atoms with E-state index in [0.29, 0.717) is 24.3 Å². The molecular formula is C19H25N5OS. The van der Waals surface area contributed by atoms with E-state index < -0.39 is 0 Å². The zero-order valence-electron chi connectivity index (χ0n) is 15.1. The summed E-state index contributed by atoms with van der Waals surface area (Å²) in [5.74, 6) is 1.69. The molecule has 2 unspecified atom stereocenters. The number of hydrogen-bond acceptors (Lipinski definition) is 5. The van der Waals surface area contributed by atoms with Crippen molar-refractivity contribution in [2.45, 2.75) is 43.8 Å². The van der Waals surface area contributed by atoms with E-state index in [2.05, 4.69) is 38.6 Å². The van der Waals surface area contributed by atoms with Crippen molar-refractivity contribution in [1.29, 1.82) is 0 Å². The maximum atomic E-state index is 12.0. The minimum absolute atomic E-state index is 0.0240. The van der Waals surface area contributed by atoms with E-state index in [1.54, 1.807) is 12.3 Å². The third-order valence-corrected chi connectivity index (χ3v) is 5.70. The van der Waals surface area contributed by atoms with E-state index in [1.165, 1.54) is 31.0 Å². The number of nitrogens with one attached hydrogen (secondary N) is 1. The average Bonchev–Trinajstić information content (AvgIpc) is 3.09. The number of carbonyl (C=O) groups excluding carboxylic acids is 1. The van der Waals surface area contributed by atoms with Crippen molar-refractivity contribution in [3.63, 3.8) is 0 Å². The largest absolute Gasteiger partial charge is 0.352 e. The Balaban J connectivity index is 1.87. The van der Waals surface area contributed by atoms with Gasteiger partial charge in [-0.25, -0.2) is 0 Å². The predicted molar refractivity (Wildman–Crippen MR) is 104 cm³/mol. The molecule has 3 rings (SSSR count). The number of nitrogens with zero attached hydrogens (tertiary/aromatic N) is 4. The van der Waals surface area contributed by atoms with Crippen molar-refractivity contribution in [2.75, 3.05) is 12.3 Å². The van der Waals surface area contributed by atoms with E-state index in [1.807, 2.05) is 18.3 Å². The fourth-order valence-corrected chi connectivity index (χ4v) is 4.24. The summed E-state index contributed by atoms with van der Waals surface area (Å²) in [7, 11) is 0. The fourth-order valence-electron chi connectivity index (χ4n) is 3.41.